The maximum atomic E-state index is 4.78. The van der Waals surface area contributed by atoms with Gasteiger partial charge in [-0.05, 0) is 23.6 Å². The highest BCUT2D eigenvalue weighted by Gasteiger charge is 2.20. The molecule has 0 aliphatic heterocycles. The third-order valence-electron chi connectivity index (χ3n) is 4.82. The van der Waals surface area contributed by atoms with Gasteiger partial charge in [-0.25, -0.2) is 14.7 Å². The largest absolute Gasteiger partial charge is 0.357 e. The number of rotatable bonds is 8. The molecule has 1 aromatic heterocycles. The van der Waals surface area contributed by atoms with Gasteiger partial charge < -0.3 is 10.6 Å². The van der Waals surface area contributed by atoms with E-state index in [0.29, 0.717) is 13.1 Å². The fourth-order valence-electron chi connectivity index (χ4n) is 3.14. The second-order valence-corrected chi connectivity index (χ2v) is 7.71. The van der Waals surface area contributed by atoms with Crippen molar-refractivity contribution in [1.29, 1.82) is 0 Å². The SMILES string of the molecule is CCNC(=NCc1cccc(Cn2cncn2)c1)NCC(C)(C)c1ccccc1. The molecule has 0 aliphatic carbocycles. The zero-order valence-corrected chi connectivity index (χ0v) is 17.5. The minimum absolute atomic E-state index is 0.00909. The van der Waals surface area contributed by atoms with Crippen molar-refractivity contribution in [3.05, 3.63) is 83.9 Å². The van der Waals surface area contributed by atoms with Crippen molar-refractivity contribution in [1.82, 2.24) is 25.4 Å². The van der Waals surface area contributed by atoms with Crippen LogP contribution in [0.15, 0.2) is 72.2 Å². The van der Waals surface area contributed by atoms with Gasteiger partial charge in [0.15, 0.2) is 5.96 Å². The molecule has 2 N–H and O–H groups in total. The standard InChI is InChI=1S/C23H30N6/c1-4-25-22(27-16-23(2,3)21-11-6-5-7-12-21)26-14-19-9-8-10-20(13-19)15-29-18-24-17-28-29/h5-13,17-18H,4,14-16H2,1-3H3,(H2,25,26,27). The number of nitrogens with one attached hydrogen (secondary N) is 2. The molecule has 0 aliphatic rings. The Balaban J connectivity index is 1.63. The molecule has 6 heteroatoms. The van der Waals surface area contributed by atoms with Gasteiger partial charge in [-0.15, -0.1) is 0 Å². The van der Waals surface area contributed by atoms with Crippen molar-refractivity contribution in [2.75, 3.05) is 13.1 Å². The third-order valence-corrected chi connectivity index (χ3v) is 4.82. The lowest BCUT2D eigenvalue weighted by Crippen LogP contribution is -2.43. The van der Waals surface area contributed by atoms with E-state index in [0.717, 1.165) is 19.0 Å². The lowest BCUT2D eigenvalue weighted by molar-refractivity contribution is 0.508. The number of guanidine groups is 1. The summed E-state index contributed by atoms with van der Waals surface area (Å²) in [5, 5.41) is 11.0. The molecule has 152 valence electrons. The minimum atomic E-state index is 0.00909. The molecule has 0 atom stereocenters. The van der Waals surface area contributed by atoms with Crippen molar-refractivity contribution in [3.8, 4) is 0 Å². The van der Waals surface area contributed by atoms with Gasteiger partial charge in [0, 0.05) is 18.5 Å². The smallest absolute Gasteiger partial charge is 0.191 e. The van der Waals surface area contributed by atoms with Crippen LogP contribution in [0.25, 0.3) is 0 Å². The van der Waals surface area contributed by atoms with Crippen molar-refractivity contribution in [2.45, 2.75) is 39.3 Å². The fraction of sp³-hybridized carbons (Fsp3) is 0.348. The summed E-state index contributed by atoms with van der Waals surface area (Å²) in [6, 6.07) is 19.0. The maximum absolute atomic E-state index is 4.78. The lowest BCUT2D eigenvalue weighted by Gasteiger charge is -2.26. The van der Waals surface area contributed by atoms with Gasteiger partial charge in [0.2, 0.25) is 0 Å². The van der Waals surface area contributed by atoms with Crippen molar-refractivity contribution in [3.63, 3.8) is 0 Å². The van der Waals surface area contributed by atoms with E-state index in [1.165, 1.54) is 16.7 Å². The van der Waals surface area contributed by atoms with Crippen LogP contribution >= 0.6 is 0 Å². The molecule has 0 fully saturated rings. The molecular formula is C23H30N6. The first-order valence-corrected chi connectivity index (χ1v) is 10.0. The molecule has 0 radical (unpaired) electrons. The van der Waals surface area contributed by atoms with Gasteiger partial charge in [0.1, 0.15) is 12.7 Å². The Kier molecular flexibility index (Phi) is 7.00. The Hall–Kier alpha value is -3.15. The van der Waals surface area contributed by atoms with Crippen LogP contribution < -0.4 is 10.6 Å². The van der Waals surface area contributed by atoms with E-state index in [-0.39, 0.29) is 5.41 Å². The van der Waals surface area contributed by atoms with E-state index in [4.69, 9.17) is 4.99 Å². The van der Waals surface area contributed by atoms with Crippen molar-refractivity contribution in [2.24, 2.45) is 4.99 Å². The molecule has 0 saturated heterocycles. The lowest BCUT2D eigenvalue weighted by atomic mass is 9.85. The summed E-state index contributed by atoms with van der Waals surface area (Å²) >= 11 is 0. The van der Waals surface area contributed by atoms with Crippen LogP contribution in [0.4, 0.5) is 0 Å². The Morgan fingerprint density at radius 2 is 1.83 bits per heavy atom. The van der Waals surface area contributed by atoms with Gasteiger partial charge in [-0.3, -0.25) is 0 Å². The molecule has 0 saturated carbocycles. The maximum Gasteiger partial charge on any atom is 0.191 e. The summed E-state index contributed by atoms with van der Waals surface area (Å²) in [7, 11) is 0. The highest BCUT2D eigenvalue weighted by Crippen LogP contribution is 2.21. The fourth-order valence-corrected chi connectivity index (χ4v) is 3.14. The second-order valence-electron chi connectivity index (χ2n) is 7.71. The molecule has 0 spiro atoms. The van der Waals surface area contributed by atoms with Crippen LogP contribution in [-0.2, 0) is 18.5 Å². The van der Waals surface area contributed by atoms with Crippen LogP contribution in [0.5, 0.6) is 0 Å². The highest BCUT2D eigenvalue weighted by molar-refractivity contribution is 5.79. The number of hydrogen-bond acceptors (Lipinski definition) is 3. The van der Waals surface area contributed by atoms with E-state index >= 15 is 0 Å². The number of aliphatic imine (C=N–C) groups is 1. The number of aromatic nitrogens is 3. The highest BCUT2D eigenvalue weighted by atomic mass is 15.3. The van der Waals surface area contributed by atoms with Gasteiger partial charge in [0.05, 0.1) is 13.1 Å². The predicted molar refractivity (Wildman–Crippen MR) is 118 cm³/mol. The molecule has 0 unspecified atom stereocenters. The van der Waals surface area contributed by atoms with E-state index in [1.807, 2.05) is 4.68 Å². The first-order chi connectivity index (χ1) is 14.1. The zero-order chi connectivity index (χ0) is 20.5. The molecular weight excluding hydrogens is 360 g/mol. The summed E-state index contributed by atoms with van der Waals surface area (Å²) in [6.07, 6.45) is 3.28. The average molecular weight is 391 g/mol. The van der Waals surface area contributed by atoms with Gasteiger partial charge in [-0.1, -0.05) is 68.4 Å². The van der Waals surface area contributed by atoms with Gasteiger partial charge in [-0.2, -0.15) is 5.10 Å². The summed E-state index contributed by atoms with van der Waals surface area (Å²) in [5.74, 6) is 0.832. The Morgan fingerprint density at radius 1 is 1.03 bits per heavy atom. The average Bonchev–Trinajstić information content (AvgIpc) is 3.24. The minimum Gasteiger partial charge on any atom is -0.357 e. The Morgan fingerprint density at radius 3 is 2.55 bits per heavy atom. The topological polar surface area (TPSA) is 67.1 Å². The van der Waals surface area contributed by atoms with E-state index in [1.54, 1.807) is 12.7 Å². The summed E-state index contributed by atoms with van der Waals surface area (Å²) in [6.45, 7) is 9.52. The summed E-state index contributed by atoms with van der Waals surface area (Å²) in [4.78, 5) is 8.77. The van der Waals surface area contributed by atoms with E-state index < -0.39 is 0 Å². The Labute approximate surface area is 173 Å². The first-order valence-electron chi connectivity index (χ1n) is 10.0. The normalized spacial score (nSPS) is 12.0. The van der Waals surface area contributed by atoms with Gasteiger partial charge in [0.25, 0.3) is 0 Å². The van der Waals surface area contributed by atoms with E-state index in [9.17, 15) is 0 Å². The van der Waals surface area contributed by atoms with E-state index in [2.05, 4.69) is 96.1 Å². The predicted octanol–water partition coefficient (Wildman–Crippen LogP) is 3.36. The zero-order valence-electron chi connectivity index (χ0n) is 17.5. The molecule has 6 nitrogen and oxygen atoms in total. The van der Waals surface area contributed by atoms with Crippen LogP contribution in [0.3, 0.4) is 0 Å². The summed E-state index contributed by atoms with van der Waals surface area (Å²) < 4.78 is 1.82. The van der Waals surface area contributed by atoms with Crippen molar-refractivity contribution >= 4 is 5.96 Å². The molecule has 1 heterocycles. The van der Waals surface area contributed by atoms with Gasteiger partial charge >= 0.3 is 0 Å². The monoisotopic (exact) mass is 390 g/mol. The Bertz CT molecular complexity index is 900. The molecule has 2 aromatic carbocycles. The van der Waals surface area contributed by atoms with Crippen LogP contribution in [-0.4, -0.2) is 33.8 Å². The molecule has 29 heavy (non-hydrogen) atoms. The first kappa shape index (κ1) is 20.6. The van der Waals surface area contributed by atoms with Crippen LogP contribution in [0.1, 0.15) is 37.5 Å². The molecule has 3 aromatic rings. The molecule has 0 bridgehead atoms. The molecule has 3 rings (SSSR count). The number of nitrogens with zero attached hydrogens (tertiary/aromatic N) is 4. The van der Waals surface area contributed by atoms with Crippen molar-refractivity contribution < 1.29 is 0 Å². The number of hydrogen-bond donors (Lipinski definition) is 2. The third kappa shape index (κ3) is 6.17. The molecule has 0 amide bonds. The quantitative estimate of drug-likeness (QED) is 0.457. The van der Waals surface area contributed by atoms with Crippen LogP contribution in [0.2, 0.25) is 0 Å². The van der Waals surface area contributed by atoms with Crippen LogP contribution in [0, 0.1) is 0 Å². The second kappa shape index (κ2) is 9.87. The number of benzene rings is 2. The summed E-state index contributed by atoms with van der Waals surface area (Å²) in [5.41, 5.74) is 3.67.